The van der Waals surface area contributed by atoms with Gasteiger partial charge >= 0.3 is 12.1 Å². The SMILES string of the molecule is O=C(O)CC1CCc2[nH]c3ccc(OCc4ccc(C5CCCCC5)c(C(F)(F)F)c4)cc3c21. The molecule has 3 aromatic rings. The van der Waals surface area contributed by atoms with E-state index in [0.717, 1.165) is 67.1 Å². The van der Waals surface area contributed by atoms with Crippen molar-refractivity contribution in [2.45, 2.75) is 76.0 Å². The summed E-state index contributed by atoms with van der Waals surface area (Å²) in [5.41, 5.74) is 3.35. The number of nitrogens with one attached hydrogen (secondary N) is 1. The molecule has 7 heteroatoms. The van der Waals surface area contributed by atoms with Crippen molar-refractivity contribution in [3.05, 3.63) is 64.3 Å². The Morgan fingerprint density at radius 3 is 2.59 bits per heavy atom. The molecule has 0 amide bonds. The summed E-state index contributed by atoms with van der Waals surface area (Å²) in [4.78, 5) is 14.6. The summed E-state index contributed by atoms with van der Waals surface area (Å²) in [5.74, 6) is -0.340. The van der Waals surface area contributed by atoms with Crippen LogP contribution < -0.4 is 4.74 Å². The second kappa shape index (κ2) is 9.01. The lowest BCUT2D eigenvalue weighted by molar-refractivity contribution is -0.139. The van der Waals surface area contributed by atoms with E-state index < -0.39 is 17.7 Å². The molecule has 1 aromatic heterocycles. The Balaban J connectivity index is 1.37. The van der Waals surface area contributed by atoms with Crippen molar-refractivity contribution < 1.29 is 27.8 Å². The first kappa shape index (κ1) is 22.8. The van der Waals surface area contributed by atoms with Crippen molar-refractivity contribution in [1.82, 2.24) is 4.98 Å². The number of aliphatic carboxylic acids is 1. The molecule has 180 valence electrons. The molecule has 2 aliphatic carbocycles. The molecule has 2 aromatic carbocycles. The number of aryl methyl sites for hydroxylation is 1. The van der Waals surface area contributed by atoms with Crippen molar-refractivity contribution in [1.29, 1.82) is 0 Å². The van der Waals surface area contributed by atoms with Crippen molar-refractivity contribution in [3.63, 3.8) is 0 Å². The molecule has 0 spiro atoms. The van der Waals surface area contributed by atoms with E-state index >= 15 is 0 Å². The fourth-order valence-electron chi connectivity index (χ4n) is 5.75. The molecule has 0 bridgehead atoms. The number of fused-ring (bicyclic) bond motifs is 3. The van der Waals surface area contributed by atoms with Gasteiger partial charge in [-0.15, -0.1) is 0 Å². The lowest BCUT2D eigenvalue weighted by atomic mass is 9.81. The number of carboxylic acid groups (broad SMARTS) is 1. The van der Waals surface area contributed by atoms with Gasteiger partial charge in [0.15, 0.2) is 0 Å². The van der Waals surface area contributed by atoms with Crippen LogP contribution in [0.15, 0.2) is 36.4 Å². The van der Waals surface area contributed by atoms with E-state index in [-0.39, 0.29) is 24.9 Å². The number of benzene rings is 2. The zero-order valence-electron chi connectivity index (χ0n) is 18.9. The van der Waals surface area contributed by atoms with Crippen molar-refractivity contribution in [2.75, 3.05) is 0 Å². The monoisotopic (exact) mass is 471 g/mol. The number of aromatic nitrogens is 1. The largest absolute Gasteiger partial charge is 0.489 e. The fraction of sp³-hybridized carbons (Fsp3) is 0.444. The summed E-state index contributed by atoms with van der Waals surface area (Å²) < 4.78 is 47.5. The maximum Gasteiger partial charge on any atom is 0.416 e. The fourth-order valence-corrected chi connectivity index (χ4v) is 5.75. The second-order valence-electron chi connectivity index (χ2n) is 9.60. The molecule has 4 nitrogen and oxygen atoms in total. The lowest BCUT2D eigenvalue weighted by Crippen LogP contribution is -2.15. The number of hydrogen-bond acceptors (Lipinski definition) is 2. The van der Waals surface area contributed by atoms with Gasteiger partial charge in [0.2, 0.25) is 0 Å². The number of hydrogen-bond donors (Lipinski definition) is 2. The van der Waals surface area contributed by atoms with Gasteiger partial charge in [0.05, 0.1) is 12.0 Å². The van der Waals surface area contributed by atoms with Gasteiger partial charge < -0.3 is 14.8 Å². The molecule has 2 aliphatic rings. The van der Waals surface area contributed by atoms with Gasteiger partial charge in [0.1, 0.15) is 12.4 Å². The van der Waals surface area contributed by atoms with Crippen molar-refractivity contribution >= 4 is 16.9 Å². The summed E-state index contributed by atoms with van der Waals surface area (Å²) in [6, 6.07) is 10.2. The topological polar surface area (TPSA) is 62.3 Å². The summed E-state index contributed by atoms with van der Waals surface area (Å²) in [6.45, 7) is 0.0324. The van der Waals surface area contributed by atoms with Gasteiger partial charge in [0.25, 0.3) is 0 Å². The summed E-state index contributed by atoms with van der Waals surface area (Å²) >= 11 is 0. The molecule has 1 atom stereocenters. The van der Waals surface area contributed by atoms with Crippen LogP contribution in [-0.4, -0.2) is 16.1 Å². The van der Waals surface area contributed by atoms with E-state index in [1.54, 1.807) is 18.2 Å². The number of rotatable bonds is 6. The van der Waals surface area contributed by atoms with Crippen LogP contribution in [-0.2, 0) is 24.0 Å². The van der Waals surface area contributed by atoms with Gasteiger partial charge in [-0.05, 0) is 78.5 Å². The zero-order chi connectivity index (χ0) is 23.9. The molecule has 0 radical (unpaired) electrons. The van der Waals surface area contributed by atoms with Gasteiger partial charge in [-0.25, -0.2) is 0 Å². The predicted octanol–water partition coefficient (Wildman–Crippen LogP) is 7.32. The molecule has 1 heterocycles. The number of aromatic amines is 1. The Kier molecular flexibility index (Phi) is 6.04. The van der Waals surface area contributed by atoms with Crippen LogP contribution in [0.25, 0.3) is 10.9 Å². The van der Waals surface area contributed by atoms with Crippen molar-refractivity contribution in [3.8, 4) is 5.75 Å². The molecular weight excluding hydrogens is 443 g/mol. The Labute approximate surface area is 196 Å². The maximum atomic E-state index is 13.9. The normalized spacial score (nSPS) is 18.9. The van der Waals surface area contributed by atoms with Gasteiger partial charge in [-0.2, -0.15) is 13.2 Å². The number of carboxylic acids is 1. The predicted molar refractivity (Wildman–Crippen MR) is 123 cm³/mol. The Morgan fingerprint density at radius 2 is 1.85 bits per heavy atom. The van der Waals surface area contributed by atoms with Crippen LogP contribution in [0.2, 0.25) is 0 Å². The van der Waals surface area contributed by atoms with Crippen LogP contribution in [0.1, 0.15) is 84.7 Å². The number of ether oxygens (including phenoxy) is 1. The highest BCUT2D eigenvalue weighted by Crippen LogP contribution is 2.43. The zero-order valence-corrected chi connectivity index (χ0v) is 18.9. The average molecular weight is 472 g/mol. The minimum atomic E-state index is -4.40. The molecule has 0 saturated heterocycles. The number of carbonyl (C=O) groups is 1. The quantitative estimate of drug-likeness (QED) is 0.396. The Morgan fingerprint density at radius 1 is 1.06 bits per heavy atom. The Hall–Kier alpha value is -2.96. The van der Waals surface area contributed by atoms with E-state index in [1.165, 1.54) is 6.07 Å². The van der Waals surface area contributed by atoms with E-state index in [1.807, 2.05) is 12.1 Å². The second-order valence-corrected chi connectivity index (χ2v) is 9.60. The van der Waals surface area contributed by atoms with Crippen molar-refractivity contribution in [2.24, 2.45) is 0 Å². The summed E-state index contributed by atoms with van der Waals surface area (Å²) in [5, 5.41) is 10.2. The molecule has 0 aliphatic heterocycles. The molecular formula is C27H28F3NO3. The first-order valence-corrected chi connectivity index (χ1v) is 12.0. The summed E-state index contributed by atoms with van der Waals surface area (Å²) in [7, 11) is 0. The molecule has 1 fully saturated rings. The van der Waals surface area contributed by atoms with Crippen LogP contribution in [0.3, 0.4) is 0 Å². The third kappa shape index (κ3) is 4.52. The lowest BCUT2D eigenvalue weighted by Gasteiger charge is -2.25. The third-order valence-electron chi connectivity index (χ3n) is 7.34. The van der Waals surface area contributed by atoms with Crippen LogP contribution in [0.4, 0.5) is 13.2 Å². The van der Waals surface area contributed by atoms with Crippen LogP contribution in [0.5, 0.6) is 5.75 Å². The van der Waals surface area contributed by atoms with Gasteiger partial charge in [-0.1, -0.05) is 31.4 Å². The van der Waals surface area contributed by atoms with Crippen LogP contribution in [0, 0.1) is 0 Å². The van der Waals surface area contributed by atoms with E-state index in [2.05, 4.69) is 4.98 Å². The van der Waals surface area contributed by atoms with E-state index in [9.17, 15) is 23.1 Å². The highest BCUT2D eigenvalue weighted by molar-refractivity contribution is 5.88. The smallest absolute Gasteiger partial charge is 0.416 e. The highest BCUT2D eigenvalue weighted by atomic mass is 19.4. The van der Waals surface area contributed by atoms with Gasteiger partial charge in [0, 0.05) is 16.6 Å². The number of alkyl halides is 3. The van der Waals surface area contributed by atoms with E-state index in [0.29, 0.717) is 16.9 Å². The molecule has 5 rings (SSSR count). The van der Waals surface area contributed by atoms with Gasteiger partial charge in [-0.3, -0.25) is 4.79 Å². The first-order valence-electron chi connectivity index (χ1n) is 12.0. The standard InChI is InChI=1S/C27H28F3NO3/c28-27(29,30)22-12-16(6-9-20(22)17-4-2-1-3-5-17)15-34-19-8-11-23-21(14-19)26-18(13-25(32)33)7-10-24(26)31-23/h6,8-9,11-12,14,17-18,31H,1-5,7,10,13,15H2,(H,32,33). The highest BCUT2D eigenvalue weighted by Gasteiger charge is 2.36. The molecule has 1 saturated carbocycles. The number of halogens is 3. The Bertz CT molecular complexity index is 1210. The first-order chi connectivity index (χ1) is 16.3. The molecule has 34 heavy (non-hydrogen) atoms. The molecule has 2 N–H and O–H groups in total. The van der Waals surface area contributed by atoms with E-state index in [4.69, 9.17) is 4.74 Å². The number of H-pyrrole nitrogens is 1. The summed E-state index contributed by atoms with van der Waals surface area (Å²) in [6.07, 6.45) is 1.96. The third-order valence-corrected chi connectivity index (χ3v) is 7.34. The van der Waals surface area contributed by atoms with Crippen LogP contribution >= 0.6 is 0 Å². The minimum Gasteiger partial charge on any atom is -0.489 e. The molecule has 1 unspecified atom stereocenters. The minimum absolute atomic E-state index is 0.0304. The maximum absolute atomic E-state index is 13.9. The average Bonchev–Trinajstić information content (AvgIpc) is 3.36.